The maximum Gasteiger partial charge on any atom is 0.146 e. The molecule has 1 fully saturated rings. The molecule has 0 unspecified atom stereocenters. The zero-order valence-electron chi connectivity index (χ0n) is 20.9. The molecule has 2 aromatic heterocycles. The van der Waals surface area contributed by atoms with E-state index in [1.165, 1.54) is 5.56 Å². The van der Waals surface area contributed by atoms with E-state index < -0.39 is 0 Å². The van der Waals surface area contributed by atoms with Crippen molar-refractivity contribution in [3.05, 3.63) is 103 Å². The lowest BCUT2D eigenvalue weighted by atomic mass is 9.99. The fourth-order valence-electron chi connectivity index (χ4n) is 5.16. The Morgan fingerprint density at radius 3 is 2.11 bits per heavy atom. The average molecular weight is 490 g/mol. The zero-order chi connectivity index (χ0) is 24.9. The molecule has 0 aliphatic carbocycles. The lowest BCUT2D eigenvalue weighted by Gasteiger charge is -2.26. The van der Waals surface area contributed by atoms with Gasteiger partial charge in [-0.3, -0.25) is 4.90 Å². The van der Waals surface area contributed by atoms with Crippen LogP contribution in [0.5, 0.6) is 0 Å². The van der Waals surface area contributed by atoms with E-state index in [0.717, 1.165) is 85.2 Å². The van der Waals surface area contributed by atoms with Crippen molar-refractivity contribution in [3.63, 3.8) is 0 Å². The summed E-state index contributed by atoms with van der Waals surface area (Å²) in [5.41, 5.74) is 6.80. The minimum Gasteiger partial charge on any atom is -0.379 e. The summed E-state index contributed by atoms with van der Waals surface area (Å²) in [6.45, 7) is 6.04. The van der Waals surface area contributed by atoms with Gasteiger partial charge in [0.2, 0.25) is 0 Å². The highest BCUT2D eigenvalue weighted by molar-refractivity contribution is 6.08. The van der Waals surface area contributed by atoms with Crippen LogP contribution in [0.15, 0.2) is 97.3 Å². The van der Waals surface area contributed by atoms with E-state index in [2.05, 4.69) is 106 Å². The van der Waals surface area contributed by atoms with E-state index in [0.29, 0.717) is 0 Å². The molecule has 6 rings (SSSR count). The van der Waals surface area contributed by atoms with Crippen LogP contribution < -0.4 is 5.32 Å². The van der Waals surface area contributed by atoms with E-state index in [-0.39, 0.29) is 0 Å². The normalized spacial score (nSPS) is 14.2. The zero-order valence-corrected chi connectivity index (χ0v) is 20.9. The van der Waals surface area contributed by atoms with Gasteiger partial charge in [0.05, 0.1) is 24.3 Å². The van der Waals surface area contributed by atoms with Gasteiger partial charge >= 0.3 is 0 Å². The van der Waals surface area contributed by atoms with Gasteiger partial charge in [-0.15, -0.1) is 0 Å². The fraction of sp³-hybridized carbons (Fsp3) is 0.226. The summed E-state index contributed by atoms with van der Waals surface area (Å²) in [6, 6.07) is 31.8. The fourth-order valence-corrected chi connectivity index (χ4v) is 5.16. The van der Waals surface area contributed by atoms with Crippen molar-refractivity contribution in [3.8, 4) is 22.4 Å². The number of ether oxygens (including phenoxy) is 1. The predicted molar refractivity (Wildman–Crippen MR) is 150 cm³/mol. The number of fused-ring (bicyclic) bond motifs is 1. The molecule has 1 aliphatic heterocycles. The van der Waals surface area contributed by atoms with E-state index in [1.807, 2.05) is 0 Å². The SMILES string of the molecule is c1ccc(Cn2c(-c3ccccc3)c(-c3ccccc3)c3c(NCCN4CCOCC4)ncnc32)cc1. The number of nitrogens with zero attached hydrogens (tertiary/aromatic N) is 4. The van der Waals surface area contributed by atoms with Crippen molar-refractivity contribution in [2.45, 2.75) is 6.54 Å². The summed E-state index contributed by atoms with van der Waals surface area (Å²) in [4.78, 5) is 12.0. The van der Waals surface area contributed by atoms with Crippen molar-refractivity contribution in [1.82, 2.24) is 19.4 Å². The lowest BCUT2D eigenvalue weighted by molar-refractivity contribution is 0.0398. The Balaban J connectivity index is 1.51. The van der Waals surface area contributed by atoms with Crippen molar-refractivity contribution in [2.24, 2.45) is 0 Å². The Kier molecular flexibility index (Phi) is 6.92. The molecule has 1 saturated heterocycles. The first-order chi connectivity index (χ1) is 18.4. The van der Waals surface area contributed by atoms with Crippen LogP contribution in [0.25, 0.3) is 33.4 Å². The van der Waals surface area contributed by atoms with E-state index in [4.69, 9.17) is 14.7 Å². The van der Waals surface area contributed by atoms with Crippen LogP contribution >= 0.6 is 0 Å². The largest absolute Gasteiger partial charge is 0.379 e. The van der Waals surface area contributed by atoms with Gasteiger partial charge in [0.1, 0.15) is 17.8 Å². The molecule has 186 valence electrons. The number of nitrogens with one attached hydrogen (secondary N) is 1. The second kappa shape index (κ2) is 10.9. The third-order valence-corrected chi connectivity index (χ3v) is 6.96. The van der Waals surface area contributed by atoms with Crippen LogP contribution in [0, 0.1) is 0 Å². The maximum atomic E-state index is 5.51. The Bertz CT molecular complexity index is 1450. The molecule has 1 N–H and O–H groups in total. The van der Waals surface area contributed by atoms with Crippen LogP contribution in [0.3, 0.4) is 0 Å². The summed E-state index contributed by atoms with van der Waals surface area (Å²) < 4.78 is 7.85. The topological polar surface area (TPSA) is 55.2 Å². The molecule has 6 nitrogen and oxygen atoms in total. The third-order valence-electron chi connectivity index (χ3n) is 6.96. The van der Waals surface area contributed by atoms with Crippen molar-refractivity contribution < 1.29 is 4.74 Å². The average Bonchev–Trinajstić information content (AvgIpc) is 3.30. The van der Waals surface area contributed by atoms with E-state index in [1.54, 1.807) is 6.33 Å². The van der Waals surface area contributed by atoms with Gasteiger partial charge in [-0.05, 0) is 16.7 Å². The Morgan fingerprint density at radius 2 is 1.41 bits per heavy atom. The summed E-state index contributed by atoms with van der Waals surface area (Å²) in [6.07, 6.45) is 1.68. The quantitative estimate of drug-likeness (QED) is 0.309. The highest BCUT2D eigenvalue weighted by atomic mass is 16.5. The molecule has 6 heteroatoms. The minimum absolute atomic E-state index is 0.721. The van der Waals surface area contributed by atoms with E-state index in [9.17, 15) is 0 Å². The van der Waals surface area contributed by atoms with Gasteiger partial charge in [0.25, 0.3) is 0 Å². The summed E-state index contributed by atoms with van der Waals surface area (Å²) in [7, 11) is 0. The van der Waals surface area contributed by atoms with Crippen molar-refractivity contribution in [2.75, 3.05) is 44.7 Å². The number of morpholine rings is 1. The first kappa shape index (κ1) is 23.4. The second-order valence-corrected chi connectivity index (χ2v) is 9.33. The monoisotopic (exact) mass is 489 g/mol. The molecule has 1 aliphatic rings. The van der Waals surface area contributed by atoms with Crippen LogP contribution in [0.1, 0.15) is 5.56 Å². The number of benzene rings is 3. The van der Waals surface area contributed by atoms with Crippen molar-refractivity contribution in [1.29, 1.82) is 0 Å². The molecule has 37 heavy (non-hydrogen) atoms. The predicted octanol–water partition coefficient (Wildman–Crippen LogP) is 5.56. The molecule has 3 heterocycles. The number of aromatic nitrogens is 3. The Labute approximate surface area is 217 Å². The minimum atomic E-state index is 0.721. The molecule has 3 aromatic carbocycles. The summed E-state index contributed by atoms with van der Waals surface area (Å²) >= 11 is 0. The van der Waals surface area contributed by atoms with Gasteiger partial charge in [-0.2, -0.15) is 0 Å². The number of hydrogen-bond acceptors (Lipinski definition) is 5. The highest BCUT2D eigenvalue weighted by Crippen LogP contribution is 2.43. The molecular weight excluding hydrogens is 458 g/mol. The van der Waals surface area contributed by atoms with Crippen molar-refractivity contribution >= 4 is 16.9 Å². The standard InChI is InChI=1S/C31H31N5O/c1-4-10-24(11-5-1)22-36-29(26-14-8-3-9-15-26)27(25-12-6-2-7-13-25)28-30(33-23-34-31(28)36)32-16-17-35-18-20-37-21-19-35/h1-15,23H,16-22H2,(H,32,33,34). The van der Waals surface area contributed by atoms with Crippen LogP contribution in [-0.4, -0.2) is 58.8 Å². The molecule has 0 spiro atoms. The lowest BCUT2D eigenvalue weighted by Crippen LogP contribution is -2.39. The second-order valence-electron chi connectivity index (χ2n) is 9.33. The molecule has 0 amide bonds. The smallest absolute Gasteiger partial charge is 0.146 e. The Morgan fingerprint density at radius 1 is 0.757 bits per heavy atom. The first-order valence-corrected chi connectivity index (χ1v) is 12.9. The number of hydrogen-bond donors (Lipinski definition) is 1. The van der Waals surface area contributed by atoms with Crippen LogP contribution in [0.2, 0.25) is 0 Å². The molecule has 0 bridgehead atoms. The highest BCUT2D eigenvalue weighted by Gasteiger charge is 2.24. The van der Waals surface area contributed by atoms with E-state index >= 15 is 0 Å². The van der Waals surface area contributed by atoms with Gasteiger partial charge in [0.15, 0.2) is 0 Å². The summed E-state index contributed by atoms with van der Waals surface area (Å²) in [5, 5.41) is 4.71. The molecule has 5 aromatic rings. The van der Waals surface area contributed by atoms with Gasteiger partial charge in [0, 0.05) is 38.3 Å². The summed E-state index contributed by atoms with van der Waals surface area (Å²) in [5.74, 6) is 0.876. The molecule has 0 radical (unpaired) electrons. The van der Waals surface area contributed by atoms with Gasteiger partial charge in [-0.25, -0.2) is 9.97 Å². The number of rotatable bonds is 8. The van der Waals surface area contributed by atoms with Crippen LogP contribution in [0.4, 0.5) is 5.82 Å². The molecule has 0 atom stereocenters. The third kappa shape index (κ3) is 4.99. The maximum absolute atomic E-state index is 5.51. The number of anilines is 1. The van der Waals surface area contributed by atoms with Crippen LogP contribution in [-0.2, 0) is 11.3 Å². The Hall–Kier alpha value is -4.00. The van der Waals surface area contributed by atoms with Gasteiger partial charge < -0.3 is 14.6 Å². The first-order valence-electron chi connectivity index (χ1n) is 12.9. The van der Waals surface area contributed by atoms with Gasteiger partial charge in [-0.1, -0.05) is 91.0 Å². The molecule has 0 saturated carbocycles. The molecular formula is C31H31N5O.